The Bertz CT molecular complexity index is 965. The van der Waals surface area contributed by atoms with Gasteiger partial charge in [0.2, 0.25) is 0 Å². The molecular weight excluding hydrogens is 402 g/mol. The number of allylic oxidation sites excluding steroid dienone is 1. The zero-order valence-electron chi connectivity index (χ0n) is 17.2. The van der Waals surface area contributed by atoms with Crippen LogP contribution in [0.25, 0.3) is 11.6 Å². The molecule has 0 aromatic heterocycles. The summed E-state index contributed by atoms with van der Waals surface area (Å²) in [6.07, 6.45) is -4.37. The van der Waals surface area contributed by atoms with Crippen molar-refractivity contribution >= 4 is 11.6 Å². The summed E-state index contributed by atoms with van der Waals surface area (Å²) in [5, 5.41) is 49.1. The number of benzene rings is 2. The molecule has 1 aliphatic rings. The maximum Gasteiger partial charge on any atom is 0.161 e. The fraction of sp³-hybridized carbons (Fsp3) is 0.348. The molecule has 0 radical (unpaired) electrons. The van der Waals surface area contributed by atoms with Crippen molar-refractivity contribution in [3.05, 3.63) is 59.2 Å². The smallest absolute Gasteiger partial charge is 0.161 e. The third-order valence-electron chi connectivity index (χ3n) is 5.28. The van der Waals surface area contributed by atoms with E-state index in [0.717, 1.165) is 5.56 Å². The van der Waals surface area contributed by atoms with E-state index in [1.807, 2.05) is 0 Å². The van der Waals surface area contributed by atoms with E-state index in [4.69, 9.17) is 14.2 Å². The fourth-order valence-electron chi connectivity index (χ4n) is 3.51. The van der Waals surface area contributed by atoms with Crippen LogP contribution >= 0.6 is 0 Å². The van der Waals surface area contributed by atoms with Crippen LogP contribution in [0.3, 0.4) is 0 Å². The molecular formula is C23H25NO7. The molecule has 4 N–H and O–H groups in total. The number of aliphatic hydroxyl groups excluding tert-OH is 4. The van der Waals surface area contributed by atoms with Crippen molar-refractivity contribution in [2.45, 2.75) is 30.5 Å². The monoisotopic (exact) mass is 427 g/mol. The Morgan fingerprint density at radius 1 is 1.00 bits per heavy atom. The second kappa shape index (κ2) is 9.92. The van der Waals surface area contributed by atoms with E-state index in [2.05, 4.69) is 6.07 Å². The number of methoxy groups -OCH3 is 2. The zero-order valence-corrected chi connectivity index (χ0v) is 17.2. The first kappa shape index (κ1) is 22.7. The second-order valence-corrected chi connectivity index (χ2v) is 7.16. The van der Waals surface area contributed by atoms with Crippen molar-refractivity contribution in [2.75, 3.05) is 20.8 Å². The molecule has 31 heavy (non-hydrogen) atoms. The lowest BCUT2D eigenvalue weighted by Crippen LogP contribution is -2.55. The SMILES string of the molecule is COc1ccc(/C(C#N)=C/c2ccc(C3O[C@H](CO)[C@@H](O)[C@H](O)[C@H]3O)cc2)cc1OC. The maximum absolute atomic E-state index is 10.3. The van der Waals surface area contributed by atoms with Gasteiger partial charge in [-0.25, -0.2) is 0 Å². The molecule has 0 spiro atoms. The topological polar surface area (TPSA) is 132 Å². The minimum Gasteiger partial charge on any atom is -0.493 e. The number of hydrogen-bond donors (Lipinski definition) is 4. The summed E-state index contributed by atoms with van der Waals surface area (Å²) in [6.45, 7) is -0.487. The molecule has 1 saturated heterocycles. The molecule has 3 rings (SSSR count). The Kier molecular flexibility index (Phi) is 7.28. The molecule has 1 unspecified atom stereocenters. The van der Waals surface area contributed by atoms with Gasteiger partial charge in [-0.05, 0) is 41.0 Å². The molecule has 0 saturated carbocycles. The molecule has 2 aromatic carbocycles. The van der Waals surface area contributed by atoms with E-state index >= 15 is 0 Å². The Labute approximate surface area is 180 Å². The summed E-state index contributed by atoms with van der Waals surface area (Å²) in [5.74, 6) is 1.08. The normalized spacial score (nSPS) is 26.2. The molecule has 5 atom stereocenters. The number of hydrogen-bond acceptors (Lipinski definition) is 8. The third kappa shape index (κ3) is 4.71. The van der Waals surface area contributed by atoms with Crippen LogP contribution < -0.4 is 9.47 Å². The average Bonchev–Trinajstić information content (AvgIpc) is 2.81. The minimum absolute atomic E-state index is 0.418. The highest BCUT2D eigenvalue weighted by molar-refractivity contribution is 5.90. The van der Waals surface area contributed by atoms with Gasteiger partial charge in [-0.1, -0.05) is 24.3 Å². The average molecular weight is 427 g/mol. The van der Waals surface area contributed by atoms with Gasteiger partial charge in [0, 0.05) is 0 Å². The highest BCUT2D eigenvalue weighted by Crippen LogP contribution is 2.33. The summed E-state index contributed by atoms with van der Waals surface area (Å²) in [5.41, 5.74) is 2.39. The van der Waals surface area contributed by atoms with E-state index in [-0.39, 0.29) is 0 Å². The van der Waals surface area contributed by atoms with Crippen molar-refractivity contribution in [3.8, 4) is 17.6 Å². The number of aliphatic hydroxyl groups is 4. The van der Waals surface area contributed by atoms with E-state index in [1.54, 1.807) is 48.5 Å². The number of ether oxygens (including phenoxy) is 3. The Morgan fingerprint density at radius 3 is 2.26 bits per heavy atom. The first-order valence-electron chi connectivity index (χ1n) is 9.68. The summed E-state index contributed by atoms with van der Waals surface area (Å²) in [6, 6.07) is 14.3. The molecule has 1 heterocycles. The number of nitriles is 1. The van der Waals surface area contributed by atoms with Crippen LogP contribution in [0.1, 0.15) is 22.8 Å². The van der Waals surface area contributed by atoms with Gasteiger partial charge in [0.05, 0.1) is 32.5 Å². The molecule has 2 aromatic rings. The molecule has 1 fully saturated rings. The predicted molar refractivity (Wildman–Crippen MR) is 112 cm³/mol. The van der Waals surface area contributed by atoms with Crippen LogP contribution in [0.5, 0.6) is 11.5 Å². The lowest BCUT2D eigenvalue weighted by Gasteiger charge is -2.40. The summed E-state index contributed by atoms with van der Waals surface area (Å²) >= 11 is 0. The first-order valence-corrected chi connectivity index (χ1v) is 9.68. The van der Waals surface area contributed by atoms with Gasteiger partial charge in [-0.15, -0.1) is 0 Å². The molecule has 0 bridgehead atoms. The third-order valence-corrected chi connectivity index (χ3v) is 5.28. The van der Waals surface area contributed by atoms with Gasteiger partial charge in [0.25, 0.3) is 0 Å². The van der Waals surface area contributed by atoms with Crippen LogP contribution in [0.4, 0.5) is 0 Å². The second-order valence-electron chi connectivity index (χ2n) is 7.16. The van der Waals surface area contributed by atoms with Crippen molar-refractivity contribution in [1.29, 1.82) is 5.26 Å². The van der Waals surface area contributed by atoms with Gasteiger partial charge < -0.3 is 34.6 Å². The Balaban J connectivity index is 1.85. The first-order chi connectivity index (χ1) is 14.9. The lowest BCUT2D eigenvalue weighted by atomic mass is 9.91. The van der Waals surface area contributed by atoms with Gasteiger partial charge in [-0.2, -0.15) is 5.26 Å². The van der Waals surface area contributed by atoms with E-state index in [9.17, 15) is 25.7 Å². The van der Waals surface area contributed by atoms with Gasteiger partial charge >= 0.3 is 0 Å². The van der Waals surface area contributed by atoms with Crippen LogP contribution in [-0.4, -0.2) is 65.7 Å². The highest BCUT2D eigenvalue weighted by Gasteiger charge is 2.43. The molecule has 1 aliphatic heterocycles. The minimum atomic E-state index is -1.44. The highest BCUT2D eigenvalue weighted by atomic mass is 16.5. The standard InChI is InChI=1S/C23H25NO7/c1-29-17-8-7-15(10-18(17)30-2)16(11-24)9-13-3-5-14(6-4-13)23-22(28)21(27)20(26)19(12-25)31-23/h3-10,19-23,25-28H,12H2,1-2H3/b16-9+/t19-,20-,21+,22-,23?/m1/s1. The number of nitrogens with zero attached hydrogens (tertiary/aromatic N) is 1. The van der Waals surface area contributed by atoms with E-state index in [1.165, 1.54) is 14.2 Å². The summed E-state index contributed by atoms with van der Waals surface area (Å²) in [7, 11) is 3.06. The quantitative estimate of drug-likeness (QED) is 0.400. The largest absolute Gasteiger partial charge is 0.493 e. The summed E-state index contributed by atoms with van der Waals surface area (Å²) in [4.78, 5) is 0. The van der Waals surface area contributed by atoms with Crippen LogP contribution in [0.15, 0.2) is 42.5 Å². The van der Waals surface area contributed by atoms with Crippen molar-refractivity contribution in [1.82, 2.24) is 0 Å². The van der Waals surface area contributed by atoms with Crippen LogP contribution in [0.2, 0.25) is 0 Å². The van der Waals surface area contributed by atoms with Crippen LogP contribution in [0, 0.1) is 11.3 Å². The van der Waals surface area contributed by atoms with Gasteiger partial charge in [-0.3, -0.25) is 0 Å². The van der Waals surface area contributed by atoms with E-state index in [0.29, 0.717) is 28.2 Å². The van der Waals surface area contributed by atoms with E-state index < -0.39 is 37.1 Å². The number of rotatable bonds is 6. The molecule has 8 heteroatoms. The van der Waals surface area contributed by atoms with Crippen molar-refractivity contribution in [3.63, 3.8) is 0 Å². The van der Waals surface area contributed by atoms with Crippen molar-refractivity contribution in [2.24, 2.45) is 0 Å². The lowest BCUT2D eigenvalue weighted by molar-refractivity contribution is -0.231. The van der Waals surface area contributed by atoms with Crippen molar-refractivity contribution < 1.29 is 34.6 Å². The zero-order chi connectivity index (χ0) is 22.5. The van der Waals surface area contributed by atoms with Gasteiger partial charge in [0.15, 0.2) is 11.5 Å². The molecule has 164 valence electrons. The van der Waals surface area contributed by atoms with Crippen LogP contribution in [-0.2, 0) is 4.74 Å². The maximum atomic E-state index is 10.3. The summed E-state index contributed by atoms with van der Waals surface area (Å²) < 4.78 is 16.1. The molecule has 0 amide bonds. The molecule has 8 nitrogen and oxygen atoms in total. The fourth-order valence-corrected chi connectivity index (χ4v) is 3.51. The predicted octanol–water partition coefficient (Wildman–Crippen LogP) is 1.28. The Morgan fingerprint density at radius 2 is 1.68 bits per heavy atom. The molecule has 0 aliphatic carbocycles. The van der Waals surface area contributed by atoms with Gasteiger partial charge in [0.1, 0.15) is 30.5 Å². The Hall–Kier alpha value is -2.93.